The highest BCUT2D eigenvalue weighted by atomic mass is 32.1. The number of nitrogens with zero attached hydrogens (tertiary/aromatic N) is 2. The summed E-state index contributed by atoms with van der Waals surface area (Å²) in [5.41, 5.74) is 24.1. The fourth-order valence-electron chi connectivity index (χ4n) is 12.4. The molecule has 0 amide bonds. The van der Waals surface area contributed by atoms with Crippen molar-refractivity contribution in [1.82, 2.24) is 4.57 Å². The predicted octanol–water partition coefficient (Wildman–Crippen LogP) is 14.3. The van der Waals surface area contributed by atoms with Crippen LogP contribution >= 0.6 is 11.3 Å². The van der Waals surface area contributed by atoms with E-state index in [1.54, 1.807) is 0 Å². The molecular weight excluding hydrogens is 768 g/mol. The highest BCUT2D eigenvalue weighted by molar-refractivity contribution is 7.25. The number of anilines is 2. The maximum Gasteiger partial charge on any atom is 0.333 e. The van der Waals surface area contributed by atoms with Crippen LogP contribution in [0.3, 0.4) is 0 Å². The highest BCUT2D eigenvalue weighted by Gasteiger charge is 2.47. The molecule has 0 saturated carbocycles. The summed E-state index contributed by atoms with van der Waals surface area (Å²) >= 11 is 1.91. The average Bonchev–Trinajstić information content (AvgIpc) is 3.94. The van der Waals surface area contributed by atoms with E-state index in [-0.39, 0.29) is 23.1 Å². The Morgan fingerprint density at radius 1 is 0.484 bits per heavy atom. The molecule has 0 atom stereocenters. The second-order valence-electron chi connectivity index (χ2n) is 20.5. The van der Waals surface area contributed by atoms with Gasteiger partial charge in [-0.2, -0.15) is 0 Å². The minimum absolute atomic E-state index is 0.0490. The molecule has 0 saturated heterocycles. The molecule has 4 heterocycles. The fourth-order valence-corrected chi connectivity index (χ4v) is 13.5. The van der Waals surface area contributed by atoms with Gasteiger partial charge in [-0.3, -0.25) is 0 Å². The van der Waals surface area contributed by atoms with E-state index in [1.807, 2.05) is 11.3 Å². The maximum atomic E-state index is 2.72. The van der Waals surface area contributed by atoms with Crippen molar-refractivity contribution in [3.63, 3.8) is 0 Å². The predicted molar refractivity (Wildman–Crippen MR) is 267 cm³/mol. The van der Waals surface area contributed by atoms with Crippen LogP contribution in [0.15, 0.2) is 146 Å². The number of rotatable bonds is 1. The lowest BCUT2D eigenvalue weighted by Crippen LogP contribution is -2.60. The Balaban J connectivity index is 1.16. The molecule has 8 aromatic carbocycles. The zero-order chi connectivity index (χ0) is 41.8. The zero-order valence-electron chi connectivity index (χ0n) is 36.2. The topological polar surface area (TPSA) is 8.17 Å². The standard InChI is InChI=1S/C58H45BN2S/c1-56(2,3)32-20-22-33(23-21-32)61-50-28-43-36-16-10-13-19-52(36)62-53(43)29-42(50)37-24-25-38-41-26-39-34-14-8-11-17-44(34)57(4,5)46(39)30-49(41)60-51-31-47-40(27-48(51)59(61)54(37)55(38)60)35-15-9-12-18-45(35)58(47,6)7/h8-31H,1-7H3. The first-order chi connectivity index (χ1) is 29.9. The van der Waals surface area contributed by atoms with Crippen molar-refractivity contribution in [3.05, 3.63) is 173 Å². The normalized spacial score (nSPS) is 15.9. The van der Waals surface area contributed by atoms with Crippen LogP contribution in [-0.4, -0.2) is 11.4 Å². The van der Waals surface area contributed by atoms with Crippen molar-refractivity contribution in [2.24, 2.45) is 0 Å². The van der Waals surface area contributed by atoms with Gasteiger partial charge in [0.2, 0.25) is 0 Å². The van der Waals surface area contributed by atoms with Crippen LogP contribution in [0, 0.1) is 0 Å². The summed E-state index contributed by atoms with van der Waals surface area (Å²) in [6.07, 6.45) is 0. The number of fused-ring (bicyclic) bond motifs is 17. The van der Waals surface area contributed by atoms with Crippen molar-refractivity contribution < 1.29 is 0 Å². The molecule has 0 unspecified atom stereocenters. The first kappa shape index (κ1) is 35.3. The quantitative estimate of drug-likeness (QED) is 0.150. The summed E-state index contributed by atoms with van der Waals surface area (Å²) in [7, 11) is 0. The molecule has 0 radical (unpaired) electrons. The molecule has 2 aliphatic heterocycles. The number of aromatic nitrogens is 1. The molecule has 14 rings (SSSR count). The lowest BCUT2D eigenvalue weighted by molar-refractivity contribution is 0.590. The molecular formula is C58H45BN2S. The van der Waals surface area contributed by atoms with Gasteiger partial charge in [0.05, 0.1) is 11.0 Å². The van der Waals surface area contributed by atoms with Crippen LogP contribution in [0.1, 0.15) is 76.3 Å². The minimum Gasteiger partial charge on any atom is -0.376 e. The Kier molecular flexibility index (Phi) is 6.46. The van der Waals surface area contributed by atoms with E-state index < -0.39 is 0 Å². The second-order valence-corrected chi connectivity index (χ2v) is 21.6. The van der Waals surface area contributed by atoms with E-state index in [9.17, 15) is 0 Å². The molecule has 0 spiro atoms. The smallest absolute Gasteiger partial charge is 0.333 e. The van der Waals surface area contributed by atoms with Crippen LogP contribution in [0.4, 0.5) is 11.4 Å². The summed E-state index contributed by atoms with van der Waals surface area (Å²) in [6, 6.07) is 56.9. The van der Waals surface area contributed by atoms with E-state index in [0.29, 0.717) is 0 Å². The molecule has 0 fully saturated rings. The molecule has 296 valence electrons. The van der Waals surface area contributed by atoms with E-state index in [1.165, 1.54) is 131 Å². The minimum atomic E-state index is -0.136. The zero-order valence-corrected chi connectivity index (χ0v) is 37.1. The summed E-state index contributed by atoms with van der Waals surface area (Å²) in [5, 5.41) is 5.32. The first-order valence-electron chi connectivity index (χ1n) is 22.3. The Morgan fingerprint density at radius 3 is 1.87 bits per heavy atom. The van der Waals surface area contributed by atoms with Crippen molar-refractivity contribution in [2.45, 2.75) is 64.7 Å². The van der Waals surface area contributed by atoms with Crippen molar-refractivity contribution >= 4 is 82.5 Å². The van der Waals surface area contributed by atoms with Crippen molar-refractivity contribution in [1.29, 1.82) is 0 Å². The van der Waals surface area contributed by atoms with Crippen LogP contribution in [-0.2, 0) is 16.2 Å². The summed E-state index contributed by atoms with van der Waals surface area (Å²) in [5.74, 6) is 0. The van der Waals surface area contributed by atoms with Gasteiger partial charge in [0.1, 0.15) is 0 Å². The Hall–Kier alpha value is -6.36. The fraction of sp³-hybridized carbons (Fsp3) is 0.172. The third kappa shape index (κ3) is 4.22. The number of hydrogen-bond donors (Lipinski definition) is 0. The summed E-state index contributed by atoms with van der Waals surface area (Å²) in [6.45, 7) is 16.6. The van der Waals surface area contributed by atoms with Gasteiger partial charge < -0.3 is 9.38 Å². The van der Waals surface area contributed by atoms with Gasteiger partial charge in [0, 0.05) is 64.4 Å². The maximum absolute atomic E-state index is 2.72. The van der Waals surface area contributed by atoms with Gasteiger partial charge >= 0.3 is 6.85 Å². The molecule has 0 bridgehead atoms. The van der Waals surface area contributed by atoms with Crippen molar-refractivity contribution in [3.8, 4) is 39.1 Å². The SMILES string of the molecule is CC(C)(C)c1ccc(N2B3c4cc5c(cc4-n4c6cc7c(cc6c6ccc(c3c64)-c3cc4sc6ccccc6c4cc32)-c2ccccc2C7(C)C)C(C)(C)c2ccccc2-5)cc1. The lowest BCUT2D eigenvalue weighted by atomic mass is 9.43. The van der Waals surface area contributed by atoms with Gasteiger partial charge in [0.25, 0.3) is 0 Å². The monoisotopic (exact) mass is 812 g/mol. The summed E-state index contributed by atoms with van der Waals surface area (Å²) < 4.78 is 5.37. The molecule has 2 aliphatic carbocycles. The van der Waals surface area contributed by atoms with Gasteiger partial charge in [-0.05, 0) is 121 Å². The van der Waals surface area contributed by atoms with Gasteiger partial charge in [-0.1, -0.05) is 146 Å². The molecule has 0 N–H and O–H groups in total. The van der Waals surface area contributed by atoms with E-state index in [4.69, 9.17) is 0 Å². The molecule has 4 aliphatic rings. The van der Waals surface area contributed by atoms with E-state index in [2.05, 4.69) is 203 Å². The molecule has 10 aromatic rings. The number of thiophene rings is 1. The molecule has 62 heavy (non-hydrogen) atoms. The number of hydrogen-bond acceptors (Lipinski definition) is 2. The third-order valence-corrected chi connectivity index (χ3v) is 16.7. The lowest BCUT2D eigenvalue weighted by Gasteiger charge is -2.42. The second kappa shape index (κ2) is 11.4. The third-order valence-electron chi connectivity index (χ3n) is 15.5. The Morgan fingerprint density at radius 2 is 1.15 bits per heavy atom. The summed E-state index contributed by atoms with van der Waals surface area (Å²) in [4.78, 5) is 2.72. The van der Waals surface area contributed by atoms with E-state index in [0.717, 1.165) is 0 Å². The van der Waals surface area contributed by atoms with Crippen LogP contribution in [0.5, 0.6) is 0 Å². The van der Waals surface area contributed by atoms with Gasteiger partial charge in [-0.25, -0.2) is 0 Å². The number of benzene rings is 8. The molecule has 2 aromatic heterocycles. The van der Waals surface area contributed by atoms with Gasteiger partial charge in [-0.15, -0.1) is 11.3 Å². The van der Waals surface area contributed by atoms with Crippen LogP contribution < -0.4 is 15.7 Å². The Bertz CT molecular complexity index is 3680. The Labute approximate surface area is 367 Å². The van der Waals surface area contributed by atoms with E-state index >= 15 is 0 Å². The van der Waals surface area contributed by atoms with Gasteiger partial charge in [0.15, 0.2) is 0 Å². The van der Waals surface area contributed by atoms with Crippen LogP contribution in [0.2, 0.25) is 0 Å². The largest absolute Gasteiger partial charge is 0.376 e. The van der Waals surface area contributed by atoms with Crippen molar-refractivity contribution in [2.75, 3.05) is 4.81 Å². The first-order valence-corrected chi connectivity index (χ1v) is 23.1. The van der Waals surface area contributed by atoms with Crippen LogP contribution in [0.25, 0.3) is 81.0 Å². The molecule has 2 nitrogen and oxygen atoms in total. The highest BCUT2D eigenvalue weighted by Crippen LogP contribution is 2.55. The average molecular weight is 813 g/mol. The molecule has 4 heteroatoms.